The number of hydrogen-bond donors (Lipinski definition) is 0. The number of fused-ring (bicyclic) bond motifs is 8. The number of aromatic nitrogens is 1. The molecule has 1 aliphatic rings. The van der Waals surface area contributed by atoms with Gasteiger partial charge in [-0.05, 0) is 68.7 Å². The summed E-state index contributed by atoms with van der Waals surface area (Å²) in [5, 5.41) is 6.06. The summed E-state index contributed by atoms with van der Waals surface area (Å²) in [6, 6.07) is 43.9. The van der Waals surface area contributed by atoms with Crippen LogP contribution in [0.3, 0.4) is 0 Å². The summed E-state index contributed by atoms with van der Waals surface area (Å²) in [5.41, 5.74) is 8.64. The fourth-order valence-corrected chi connectivity index (χ4v) is 7.47. The average Bonchev–Trinajstić information content (AvgIpc) is 3.50. The SMILES string of the molecule is CC1(C)c2ccccc2-c2ccc(N(c3ccccc3)c3nc4ccc5c6ccccc6ccc5c4s3)cc21. The van der Waals surface area contributed by atoms with E-state index in [0.29, 0.717) is 0 Å². The predicted octanol–water partition coefficient (Wildman–Crippen LogP) is 10.4. The maximum absolute atomic E-state index is 5.21. The van der Waals surface area contributed by atoms with E-state index in [2.05, 4.69) is 140 Å². The van der Waals surface area contributed by atoms with Gasteiger partial charge in [-0.1, -0.05) is 116 Å². The second-order valence-electron chi connectivity index (χ2n) is 10.9. The van der Waals surface area contributed by atoms with Crippen molar-refractivity contribution in [3.8, 4) is 11.1 Å². The van der Waals surface area contributed by atoms with Crippen LogP contribution >= 0.6 is 11.3 Å². The van der Waals surface area contributed by atoms with Crippen LogP contribution in [0.1, 0.15) is 25.0 Å². The molecule has 0 atom stereocenters. The van der Waals surface area contributed by atoms with Gasteiger partial charge in [0.05, 0.1) is 10.2 Å². The van der Waals surface area contributed by atoms with E-state index in [0.717, 1.165) is 22.0 Å². The Morgan fingerprint density at radius 3 is 2.23 bits per heavy atom. The Morgan fingerprint density at radius 2 is 1.33 bits per heavy atom. The Bertz CT molecular complexity index is 2050. The molecule has 0 spiro atoms. The lowest BCUT2D eigenvalue weighted by molar-refractivity contribution is 0.660. The molecule has 1 aliphatic carbocycles. The van der Waals surface area contributed by atoms with Crippen LogP contribution in [0.25, 0.3) is 42.9 Å². The molecule has 0 fully saturated rings. The Morgan fingerprint density at radius 1 is 0.590 bits per heavy atom. The molecule has 6 aromatic carbocycles. The lowest BCUT2D eigenvalue weighted by atomic mass is 9.82. The molecule has 0 bridgehead atoms. The van der Waals surface area contributed by atoms with Crippen molar-refractivity contribution in [3.05, 3.63) is 132 Å². The normalized spacial score (nSPS) is 13.6. The molecular formula is C36H26N2S. The molecule has 0 radical (unpaired) electrons. The third-order valence-electron chi connectivity index (χ3n) is 8.30. The van der Waals surface area contributed by atoms with E-state index in [-0.39, 0.29) is 5.41 Å². The zero-order valence-electron chi connectivity index (χ0n) is 21.8. The van der Waals surface area contributed by atoms with Crippen LogP contribution in [0.5, 0.6) is 0 Å². The van der Waals surface area contributed by atoms with Gasteiger partial charge in [-0.2, -0.15) is 0 Å². The number of thiazole rings is 1. The van der Waals surface area contributed by atoms with Crippen molar-refractivity contribution in [2.75, 3.05) is 4.90 Å². The lowest BCUT2D eigenvalue weighted by Gasteiger charge is -2.26. The first-order valence-corrected chi connectivity index (χ1v) is 14.2. The highest BCUT2D eigenvalue weighted by atomic mass is 32.1. The fourth-order valence-electron chi connectivity index (χ4n) is 6.34. The molecule has 0 saturated heterocycles. The van der Waals surface area contributed by atoms with Gasteiger partial charge in [0.2, 0.25) is 0 Å². The number of anilines is 3. The van der Waals surface area contributed by atoms with Gasteiger partial charge < -0.3 is 0 Å². The standard InChI is InChI=1S/C36H26N2S/c1-36(2)31-15-9-8-14-28(31)29-19-17-25(22-32(29)36)38(24-11-4-3-5-12-24)35-37-33-21-20-27-26-13-7-6-10-23(26)16-18-30(27)34(33)39-35/h3-22H,1-2H3. The average molecular weight is 519 g/mol. The van der Waals surface area contributed by atoms with Crippen molar-refractivity contribution in [1.82, 2.24) is 4.98 Å². The number of para-hydroxylation sites is 1. The maximum atomic E-state index is 5.21. The predicted molar refractivity (Wildman–Crippen MR) is 167 cm³/mol. The molecule has 0 aliphatic heterocycles. The highest BCUT2D eigenvalue weighted by molar-refractivity contribution is 7.23. The number of benzene rings is 6. The monoisotopic (exact) mass is 518 g/mol. The molecule has 39 heavy (non-hydrogen) atoms. The van der Waals surface area contributed by atoms with Crippen molar-refractivity contribution in [1.29, 1.82) is 0 Å². The Labute approximate surface area is 231 Å². The topological polar surface area (TPSA) is 16.1 Å². The molecule has 1 heterocycles. The van der Waals surface area contributed by atoms with E-state index in [9.17, 15) is 0 Å². The van der Waals surface area contributed by atoms with Gasteiger partial charge in [0, 0.05) is 22.2 Å². The highest BCUT2D eigenvalue weighted by Crippen LogP contribution is 2.51. The Hall–Kier alpha value is -4.47. The van der Waals surface area contributed by atoms with Crippen LogP contribution < -0.4 is 4.90 Å². The summed E-state index contributed by atoms with van der Waals surface area (Å²) in [6.45, 7) is 4.67. The second kappa shape index (κ2) is 8.26. The van der Waals surface area contributed by atoms with Crippen molar-refractivity contribution in [2.24, 2.45) is 0 Å². The quantitative estimate of drug-likeness (QED) is 0.216. The first-order chi connectivity index (χ1) is 19.1. The van der Waals surface area contributed by atoms with Crippen LogP contribution in [-0.4, -0.2) is 4.98 Å². The smallest absolute Gasteiger partial charge is 0.195 e. The van der Waals surface area contributed by atoms with Gasteiger partial charge in [0.1, 0.15) is 0 Å². The number of nitrogens with zero attached hydrogens (tertiary/aromatic N) is 2. The van der Waals surface area contributed by atoms with Gasteiger partial charge in [-0.3, -0.25) is 4.90 Å². The molecule has 7 aromatic rings. The largest absolute Gasteiger partial charge is 0.286 e. The van der Waals surface area contributed by atoms with Crippen LogP contribution in [0.15, 0.2) is 121 Å². The van der Waals surface area contributed by atoms with Gasteiger partial charge in [-0.25, -0.2) is 4.98 Å². The molecular weight excluding hydrogens is 492 g/mol. The number of hydrogen-bond acceptors (Lipinski definition) is 3. The molecule has 1 aromatic heterocycles. The molecule has 186 valence electrons. The maximum Gasteiger partial charge on any atom is 0.195 e. The Kier molecular flexibility index (Phi) is 4.77. The van der Waals surface area contributed by atoms with E-state index < -0.39 is 0 Å². The summed E-state index contributed by atoms with van der Waals surface area (Å²) in [5.74, 6) is 0. The minimum atomic E-state index is -0.0604. The van der Waals surface area contributed by atoms with E-state index in [1.807, 2.05) is 0 Å². The second-order valence-corrected chi connectivity index (χ2v) is 11.8. The minimum Gasteiger partial charge on any atom is -0.286 e. The lowest BCUT2D eigenvalue weighted by Crippen LogP contribution is -2.16. The molecule has 2 nitrogen and oxygen atoms in total. The molecule has 3 heteroatoms. The number of rotatable bonds is 3. The highest BCUT2D eigenvalue weighted by Gasteiger charge is 2.35. The summed E-state index contributed by atoms with van der Waals surface area (Å²) < 4.78 is 1.23. The third-order valence-corrected chi connectivity index (χ3v) is 9.39. The zero-order valence-corrected chi connectivity index (χ0v) is 22.7. The van der Waals surface area contributed by atoms with Crippen molar-refractivity contribution in [2.45, 2.75) is 19.3 Å². The summed E-state index contributed by atoms with van der Waals surface area (Å²) >= 11 is 1.77. The van der Waals surface area contributed by atoms with E-state index in [1.54, 1.807) is 11.3 Å². The van der Waals surface area contributed by atoms with Gasteiger partial charge >= 0.3 is 0 Å². The molecule has 0 saturated carbocycles. The van der Waals surface area contributed by atoms with Crippen LogP contribution in [0, 0.1) is 0 Å². The first kappa shape index (κ1) is 22.5. The van der Waals surface area contributed by atoms with Crippen molar-refractivity contribution >= 4 is 59.6 Å². The van der Waals surface area contributed by atoms with Crippen LogP contribution in [0.4, 0.5) is 16.5 Å². The van der Waals surface area contributed by atoms with Gasteiger partial charge in [0.25, 0.3) is 0 Å². The molecule has 0 N–H and O–H groups in total. The van der Waals surface area contributed by atoms with E-state index in [4.69, 9.17) is 4.98 Å². The molecule has 0 unspecified atom stereocenters. The minimum absolute atomic E-state index is 0.0604. The van der Waals surface area contributed by atoms with E-state index in [1.165, 1.54) is 48.5 Å². The van der Waals surface area contributed by atoms with E-state index >= 15 is 0 Å². The van der Waals surface area contributed by atoms with Crippen molar-refractivity contribution in [3.63, 3.8) is 0 Å². The van der Waals surface area contributed by atoms with Gasteiger partial charge in [-0.15, -0.1) is 0 Å². The molecule has 0 amide bonds. The summed E-state index contributed by atoms with van der Waals surface area (Å²) in [7, 11) is 0. The first-order valence-electron chi connectivity index (χ1n) is 13.4. The third kappa shape index (κ3) is 3.30. The Balaban J connectivity index is 1.34. The van der Waals surface area contributed by atoms with Gasteiger partial charge in [0.15, 0.2) is 5.13 Å². The zero-order chi connectivity index (χ0) is 26.1. The fraction of sp³-hybridized carbons (Fsp3) is 0.0833. The van der Waals surface area contributed by atoms with Crippen LogP contribution in [0.2, 0.25) is 0 Å². The summed E-state index contributed by atoms with van der Waals surface area (Å²) in [6.07, 6.45) is 0. The molecule has 8 rings (SSSR count). The summed E-state index contributed by atoms with van der Waals surface area (Å²) in [4.78, 5) is 7.53. The van der Waals surface area contributed by atoms with Crippen LogP contribution in [-0.2, 0) is 5.41 Å². The van der Waals surface area contributed by atoms with Crippen molar-refractivity contribution < 1.29 is 0 Å².